The molecule has 2 aromatic rings. The molecule has 3 N–H and O–H groups in total. The second-order valence-corrected chi connectivity index (χ2v) is 6.58. The lowest BCUT2D eigenvalue weighted by Crippen LogP contribution is -2.41. The zero-order valence-corrected chi connectivity index (χ0v) is 15.1. The number of hydrogen-bond acceptors (Lipinski definition) is 5. The van der Waals surface area contributed by atoms with E-state index in [0.717, 1.165) is 12.1 Å². The van der Waals surface area contributed by atoms with Crippen molar-refractivity contribution >= 4 is 17.4 Å². The summed E-state index contributed by atoms with van der Waals surface area (Å²) >= 11 is 0. The molecule has 150 valence electrons. The van der Waals surface area contributed by atoms with Gasteiger partial charge in [0.05, 0.1) is 12.0 Å². The Balaban J connectivity index is 1.92. The van der Waals surface area contributed by atoms with Crippen molar-refractivity contribution in [3.05, 3.63) is 58.7 Å². The van der Waals surface area contributed by atoms with Crippen molar-refractivity contribution in [1.82, 2.24) is 4.98 Å². The number of rotatable bonds is 3. The maximum atomic E-state index is 14.2. The Morgan fingerprint density at radius 3 is 2.76 bits per heavy atom. The van der Waals surface area contributed by atoms with Gasteiger partial charge in [-0.2, -0.15) is 5.26 Å². The SMILES string of the molecule is Cc1cc(C#N)cnc1C(=O)Nc1ccc(F)c(C2N=C(N)C(F)CC2(F)F)c1. The van der Waals surface area contributed by atoms with E-state index in [1.54, 1.807) is 6.92 Å². The van der Waals surface area contributed by atoms with Crippen molar-refractivity contribution in [2.75, 3.05) is 5.32 Å². The molecule has 3 rings (SSSR count). The number of aryl methyl sites for hydroxylation is 1. The molecule has 1 aromatic heterocycles. The van der Waals surface area contributed by atoms with E-state index < -0.39 is 47.7 Å². The number of benzene rings is 1. The van der Waals surface area contributed by atoms with Crippen molar-refractivity contribution < 1.29 is 22.4 Å². The van der Waals surface area contributed by atoms with Gasteiger partial charge in [-0.25, -0.2) is 22.5 Å². The fourth-order valence-corrected chi connectivity index (χ4v) is 2.97. The molecular formula is C19H15F4N5O. The van der Waals surface area contributed by atoms with E-state index in [1.165, 1.54) is 18.3 Å². The summed E-state index contributed by atoms with van der Waals surface area (Å²) in [5.41, 5.74) is 5.53. The maximum Gasteiger partial charge on any atom is 0.277 e. The minimum atomic E-state index is -3.66. The lowest BCUT2D eigenvalue weighted by atomic mass is 9.93. The molecule has 1 aliphatic rings. The second kappa shape index (κ2) is 7.50. The molecule has 2 heterocycles. The minimum absolute atomic E-state index is 0.0143. The van der Waals surface area contributed by atoms with Gasteiger partial charge in [0.1, 0.15) is 29.5 Å². The first-order chi connectivity index (χ1) is 13.6. The molecule has 0 saturated carbocycles. The number of nitrogens with one attached hydrogen (secondary N) is 1. The number of anilines is 1. The van der Waals surface area contributed by atoms with E-state index in [1.807, 2.05) is 6.07 Å². The van der Waals surface area contributed by atoms with Gasteiger partial charge in [0.25, 0.3) is 11.8 Å². The number of pyridine rings is 1. The number of carbonyl (C=O) groups is 1. The number of hydrogen-bond donors (Lipinski definition) is 2. The summed E-state index contributed by atoms with van der Waals surface area (Å²) < 4.78 is 56.2. The number of halogens is 4. The molecule has 0 bridgehead atoms. The lowest BCUT2D eigenvalue weighted by molar-refractivity contribution is -0.0511. The van der Waals surface area contributed by atoms with E-state index in [4.69, 9.17) is 11.0 Å². The summed E-state index contributed by atoms with van der Waals surface area (Å²) in [5.74, 6) is -5.95. The largest absolute Gasteiger partial charge is 0.385 e. The topological polar surface area (TPSA) is 104 Å². The van der Waals surface area contributed by atoms with E-state index in [0.29, 0.717) is 5.56 Å². The number of nitrogens with zero attached hydrogens (tertiary/aromatic N) is 3. The number of amides is 1. The third-order valence-electron chi connectivity index (χ3n) is 4.42. The third kappa shape index (κ3) is 4.03. The number of aliphatic imine (C=N–C) groups is 1. The summed E-state index contributed by atoms with van der Waals surface area (Å²) in [6.45, 7) is 1.58. The first-order valence-electron chi connectivity index (χ1n) is 8.45. The van der Waals surface area contributed by atoms with Crippen LogP contribution >= 0.6 is 0 Å². The summed E-state index contributed by atoms with van der Waals surface area (Å²) in [6, 6.07) is 4.42. The highest BCUT2D eigenvalue weighted by Gasteiger charge is 2.48. The van der Waals surface area contributed by atoms with E-state index in [9.17, 15) is 22.4 Å². The molecule has 1 aliphatic heterocycles. The van der Waals surface area contributed by atoms with Crippen LogP contribution in [0.25, 0.3) is 0 Å². The molecule has 0 saturated heterocycles. The predicted octanol–water partition coefficient (Wildman–Crippen LogP) is 3.43. The molecule has 29 heavy (non-hydrogen) atoms. The monoisotopic (exact) mass is 405 g/mol. The van der Waals surface area contributed by atoms with E-state index in [-0.39, 0.29) is 16.9 Å². The zero-order valence-electron chi connectivity index (χ0n) is 15.1. The van der Waals surface area contributed by atoms with Crippen LogP contribution in [0.5, 0.6) is 0 Å². The van der Waals surface area contributed by atoms with Gasteiger partial charge in [-0.3, -0.25) is 9.79 Å². The molecule has 6 nitrogen and oxygen atoms in total. The molecule has 0 aliphatic carbocycles. The first kappa shape index (κ1) is 20.3. The molecular weight excluding hydrogens is 390 g/mol. The predicted molar refractivity (Wildman–Crippen MR) is 96.9 cm³/mol. The lowest BCUT2D eigenvalue weighted by Gasteiger charge is -2.30. The standard InChI is InChI=1S/C19H15F4N5O/c1-9-4-10(7-24)8-26-15(9)18(29)27-11-2-3-13(20)12(5-11)16-19(22,23)6-14(21)17(25)28-16/h2-5,8,14,16H,6H2,1H3,(H2,25,28)(H,27,29). The first-order valence-corrected chi connectivity index (χ1v) is 8.45. The van der Waals surface area contributed by atoms with Crippen LogP contribution in [0.4, 0.5) is 23.2 Å². The molecule has 10 heteroatoms. The van der Waals surface area contributed by atoms with Crippen LogP contribution < -0.4 is 11.1 Å². The third-order valence-corrected chi connectivity index (χ3v) is 4.42. The molecule has 0 spiro atoms. The number of nitriles is 1. The van der Waals surface area contributed by atoms with Crippen LogP contribution in [0.3, 0.4) is 0 Å². The van der Waals surface area contributed by atoms with Crippen molar-refractivity contribution in [1.29, 1.82) is 5.26 Å². The Hall–Kier alpha value is -3.48. The molecule has 1 aromatic carbocycles. The van der Waals surface area contributed by atoms with Crippen LogP contribution in [0.1, 0.15) is 39.6 Å². The normalized spacial score (nSPS) is 20.5. The summed E-state index contributed by atoms with van der Waals surface area (Å²) in [4.78, 5) is 19.8. The minimum Gasteiger partial charge on any atom is -0.385 e. The Morgan fingerprint density at radius 2 is 2.10 bits per heavy atom. The van der Waals surface area contributed by atoms with Crippen LogP contribution in [-0.2, 0) is 0 Å². The number of alkyl halides is 3. The molecule has 2 unspecified atom stereocenters. The smallest absolute Gasteiger partial charge is 0.277 e. The second-order valence-electron chi connectivity index (χ2n) is 6.58. The summed E-state index contributed by atoms with van der Waals surface area (Å²) in [7, 11) is 0. The van der Waals surface area contributed by atoms with Crippen molar-refractivity contribution in [2.24, 2.45) is 10.7 Å². The van der Waals surface area contributed by atoms with Gasteiger partial charge < -0.3 is 11.1 Å². The molecule has 0 fully saturated rings. The molecule has 2 atom stereocenters. The van der Waals surface area contributed by atoms with Gasteiger partial charge in [0.2, 0.25) is 0 Å². The van der Waals surface area contributed by atoms with Gasteiger partial charge in [-0.05, 0) is 36.8 Å². The summed E-state index contributed by atoms with van der Waals surface area (Å²) in [5, 5.41) is 11.3. The maximum absolute atomic E-state index is 14.2. The summed E-state index contributed by atoms with van der Waals surface area (Å²) in [6.07, 6.45) is -2.11. The van der Waals surface area contributed by atoms with Crippen molar-refractivity contribution in [3.8, 4) is 6.07 Å². The Bertz CT molecular complexity index is 1050. The average Bonchev–Trinajstić information content (AvgIpc) is 2.65. The van der Waals surface area contributed by atoms with Crippen molar-refractivity contribution in [3.63, 3.8) is 0 Å². The van der Waals surface area contributed by atoms with Crippen LogP contribution in [0, 0.1) is 24.1 Å². The van der Waals surface area contributed by atoms with Gasteiger partial charge in [-0.15, -0.1) is 0 Å². The van der Waals surface area contributed by atoms with Gasteiger partial charge >= 0.3 is 0 Å². The average molecular weight is 405 g/mol. The van der Waals surface area contributed by atoms with Crippen molar-refractivity contribution in [2.45, 2.75) is 31.5 Å². The highest BCUT2D eigenvalue weighted by molar-refractivity contribution is 6.03. The van der Waals surface area contributed by atoms with Crippen LogP contribution in [0.15, 0.2) is 35.5 Å². The highest BCUT2D eigenvalue weighted by Crippen LogP contribution is 2.43. The molecule has 1 amide bonds. The van der Waals surface area contributed by atoms with E-state index >= 15 is 0 Å². The number of nitrogens with two attached hydrogens (primary N) is 1. The number of amidine groups is 1. The Morgan fingerprint density at radius 1 is 1.38 bits per heavy atom. The molecule has 0 radical (unpaired) electrons. The number of aromatic nitrogens is 1. The highest BCUT2D eigenvalue weighted by atomic mass is 19.3. The van der Waals surface area contributed by atoms with Crippen LogP contribution in [0.2, 0.25) is 0 Å². The fraction of sp³-hybridized carbons (Fsp3) is 0.263. The fourth-order valence-electron chi connectivity index (χ4n) is 2.97. The Kier molecular flexibility index (Phi) is 5.24. The van der Waals surface area contributed by atoms with E-state index in [2.05, 4.69) is 15.3 Å². The van der Waals surface area contributed by atoms with Gasteiger partial charge in [0, 0.05) is 17.4 Å². The van der Waals surface area contributed by atoms with Crippen LogP contribution in [-0.4, -0.2) is 28.8 Å². The number of carbonyl (C=O) groups excluding carboxylic acids is 1. The Labute approximate surface area is 163 Å². The zero-order chi connectivity index (χ0) is 21.3. The van der Waals surface area contributed by atoms with Gasteiger partial charge in [-0.1, -0.05) is 0 Å². The van der Waals surface area contributed by atoms with Gasteiger partial charge in [0.15, 0.2) is 6.17 Å². The quantitative estimate of drug-likeness (QED) is 0.764.